The van der Waals surface area contributed by atoms with E-state index < -0.39 is 132 Å². The molecule has 8 saturated heterocycles. The maximum atomic E-state index is 12.2. The van der Waals surface area contributed by atoms with E-state index in [-0.39, 0.29) is 42.7 Å². The summed E-state index contributed by atoms with van der Waals surface area (Å²) in [7, 11) is 1.52. The molecule has 18 heteroatoms. The lowest BCUT2D eigenvalue weighted by atomic mass is 9.75. The van der Waals surface area contributed by atoms with E-state index in [9.17, 15) is 35.4 Å². The van der Waals surface area contributed by atoms with Crippen molar-refractivity contribution in [3.8, 4) is 0 Å². The highest BCUT2D eigenvalue weighted by molar-refractivity contribution is 5.68. The lowest BCUT2D eigenvalue weighted by molar-refractivity contribution is -0.377. The third-order valence-electron chi connectivity index (χ3n) is 17.8. The van der Waals surface area contributed by atoms with Crippen molar-refractivity contribution in [3.05, 3.63) is 0 Å². The zero-order chi connectivity index (χ0) is 49.5. The van der Waals surface area contributed by atoms with Crippen LogP contribution in [-0.4, -0.2) is 170 Å². The molecular weight excluding hydrogens is 889 g/mol. The molecule has 1 spiro atoms. The topological polar surface area (TPSA) is 240 Å². The van der Waals surface area contributed by atoms with Gasteiger partial charge < -0.3 is 82.7 Å². The lowest BCUT2D eigenvalue weighted by Crippen LogP contribution is -2.66. The molecule has 0 aromatic rings. The molecule has 8 rings (SSSR count). The number of aliphatic hydroxyl groups excluding tert-OH is 3. The van der Waals surface area contributed by atoms with E-state index >= 15 is 0 Å². The van der Waals surface area contributed by atoms with Crippen molar-refractivity contribution in [3.63, 3.8) is 0 Å². The van der Waals surface area contributed by atoms with Crippen LogP contribution in [0.1, 0.15) is 146 Å². The summed E-state index contributed by atoms with van der Waals surface area (Å²) in [6.45, 7) is 19.0. The van der Waals surface area contributed by atoms with Gasteiger partial charge in [0.1, 0.15) is 12.2 Å². The minimum Gasteiger partial charge on any atom is -0.481 e. The van der Waals surface area contributed by atoms with E-state index in [1.165, 1.54) is 7.11 Å². The highest BCUT2D eigenvalue weighted by Crippen LogP contribution is 2.55. The SMILES string of the molecule is CO[C@@H]1[C@@H](OC2CCC(O)C(C)O2)[C@H](C)[C@@](O)(CC(=O)O)O[C@H]1[C@@H](C)[C@H]1O[C@@]2(CC[C@@](C)([C@H]3CC[C@@](C)([C@@H]4O[C@@H]([C@H]5O[C@](C)(O)[C@H](C)C[C@@H]5C)C[C@@H]4O[C@H]4CC[C@H](O)[C@@H](C)O4)O3)O2)C[C@H](O)[C@H]1C. The summed E-state index contributed by atoms with van der Waals surface area (Å²) >= 11 is 0. The van der Waals surface area contributed by atoms with Crippen molar-refractivity contribution < 1.29 is 87.5 Å². The molecule has 68 heavy (non-hydrogen) atoms. The molecule has 0 amide bonds. The van der Waals surface area contributed by atoms with Crippen LogP contribution < -0.4 is 0 Å². The molecule has 8 aliphatic heterocycles. The second-order valence-electron chi connectivity index (χ2n) is 23.0. The Morgan fingerprint density at radius 1 is 0.721 bits per heavy atom. The number of ether oxygens (including phenoxy) is 11. The van der Waals surface area contributed by atoms with Crippen molar-refractivity contribution in [1.82, 2.24) is 0 Å². The molecule has 392 valence electrons. The normalized spacial score (nSPS) is 55.1. The summed E-state index contributed by atoms with van der Waals surface area (Å²) < 4.78 is 72.7. The fourth-order valence-corrected chi connectivity index (χ4v) is 13.1. The van der Waals surface area contributed by atoms with Crippen LogP contribution in [0.25, 0.3) is 0 Å². The first-order chi connectivity index (χ1) is 31.8. The molecule has 0 aliphatic carbocycles. The molecule has 8 aliphatic rings. The van der Waals surface area contributed by atoms with E-state index in [1.54, 1.807) is 20.8 Å². The fourth-order valence-electron chi connectivity index (χ4n) is 13.1. The average molecular weight is 973 g/mol. The number of carbonyl (C=O) groups is 1. The zero-order valence-electron chi connectivity index (χ0n) is 42.2. The van der Waals surface area contributed by atoms with E-state index in [1.807, 2.05) is 34.6 Å². The predicted molar refractivity (Wildman–Crippen MR) is 240 cm³/mol. The van der Waals surface area contributed by atoms with Crippen LogP contribution in [0.15, 0.2) is 0 Å². The van der Waals surface area contributed by atoms with Gasteiger partial charge in [-0.15, -0.1) is 0 Å². The van der Waals surface area contributed by atoms with Gasteiger partial charge in [0.15, 0.2) is 29.9 Å². The van der Waals surface area contributed by atoms with Crippen LogP contribution in [-0.2, 0) is 56.9 Å². The monoisotopic (exact) mass is 973 g/mol. The van der Waals surface area contributed by atoms with Crippen LogP contribution in [0.5, 0.6) is 0 Å². The predicted octanol–water partition coefficient (Wildman–Crippen LogP) is 4.29. The van der Waals surface area contributed by atoms with Gasteiger partial charge in [-0.05, 0) is 79.1 Å². The Morgan fingerprint density at radius 2 is 1.37 bits per heavy atom. The van der Waals surface area contributed by atoms with Gasteiger partial charge in [-0.3, -0.25) is 4.79 Å². The average Bonchev–Trinajstić information content (AvgIpc) is 3.98. The maximum absolute atomic E-state index is 12.2. The molecular formula is C50H84O18. The summed E-state index contributed by atoms with van der Waals surface area (Å²) in [5.74, 6) is -7.68. The van der Waals surface area contributed by atoms with Gasteiger partial charge in [0, 0.05) is 62.9 Å². The smallest absolute Gasteiger partial charge is 0.308 e. The molecule has 26 atom stereocenters. The standard InChI is InChI=1S/C50H84O18/c1-24-20-25(2)48(10,56)65-40(24)34-21-35(61-38-14-12-31(51)29(6)59-38)45(62-34)47(9)17-16-36(64-47)46(8)18-19-49(68-46)22-33(53)26(3)41(66-49)27(4)42-44(58-11)43(28(5)50(57,67-42)23-37(54)55)63-39-15-13-32(52)30(7)60-39/h24-36,38-45,51-53,56-57H,12-23H2,1-11H3,(H,54,55)/t24-,25+,26+,27-,28-,29+,30?,31-,32?,33-,34+,35-,36+,38-,39?,40-,41-,42-,43-,44-,45+,46-,47-,48-,49+,50+/m0/s1. The number of aliphatic carboxylic acids is 1. The van der Waals surface area contributed by atoms with Crippen LogP contribution in [0.4, 0.5) is 0 Å². The summed E-state index contributed by atoms with van der Waals surface area (Å²) in [4.78, 5) is 12.2. The molecule has 18 nitrogen and oxygen atoms in total. The van der Waals surface area contributed by atoms with Gasteiger partial charge in [-0.1, -0.05) is 34.6 Å². The third-order valence-corrected chi connectivity index (χ3v) is 17.8. The molecule has 8 heterocycles. The number of carboxylic acids is 1. The van der Waals surface area contributed by atoms with E-state index in [0.29, 0.717) is 57.8 Å². The summed E-state index contributed by atoms with van der Waals surface area (Å²) in [5.41, 5.74) is -1.64. The molecule has 0 aromatic heterocycles. The quantitative estimate of drug-likeness (QED) is 0.160. The largest absolute Gasteiger partial charge is 0.481 e. The van der Waals surface area contributed by atoms with E-state index in [4.69, 9.17) is 52.1 Å². The second kappa shape index (κ2) is 19.9. The Labute approximate surface area is 402 Å². The van der Waals surface area contributed by atoms with Gasteiger partial charge in [0.2, 0.25) is 0 Å². The minimum atomic E-state index is -2.15. The van der Waals surface area contributed by atoms with E-state index in [2.05, 4.69) is 13.8 Å². The highest BCUT2D eigenvalue weighted by atomic mass is 16.7. The van der Waals surface area contributed by atoms with Crippen molar-refractivity contribution in [2.45, 2.75) is 273 Å². The van der Waals surface area contributed by atoms with Crippen molar-refractivity contribution in [2.24, 2.45) is 29.6 Å². The molecule has 6 N–H and O–H groups in total. The molecule has 8 fully saturated rings. The first-order valence-corrected chi connectivity index (χ1v) is 25.7. The van der Waals surface area contributed by atoms with Gasteiger partial charge in [-0.2, -0.15) is 0 Å². The minimum absolute atomic E-state index is 0.0466. The molecule has 0 bridgehead atoms. The molecule has 0 aromatic carbocycles. The number of aliphatic hydroxyl groups is 5. The van der Waals surface area contributed by atoms with Crippen LogP contribution in [0, 0.1) is 29.6 Å². The Kier molecular flexibility index (Phi) is 15.6. The summed E-state index contributed by atoms with van der Waals surface area (Å²) in [5, 5.41) is 65.8. The first kappa shape index (κ1) is 53.1. The number of hydrogen-bond donors (Lipinski definition) is 6. The highest BCUT2D eigenvalue weighted by Gasteiger charge is 2.64. The fraction of sp³-hybridized carbons (Fsp3) is 0.980. The number of methoxy groups -OCH3 is 1. The van der Waals surface area contributed by atoms with Crippen molar-refractivity contribution >= 4 is 5.97 Å². The van der Waals surface area contributed by atoms with E-state index in [0.717, 1.165) is 6.42 Å². The number of hydrogen-bond acceptors (Lipinski definition) is 17. The Morgan fingerprint density at radius 3 is 1.99 bits per heavy atom. The van der Waals surface area contributed by atoms with Gasteiger partial charge in [-0.25, -0.2) is 0 Å². The maximum Gasteiger partial charge on any atom is 0.308 e. The van der Waals surface area contributed by atoms with Crippen LogP contribution in [0.2, 0.25) is 0 Å². The second-order valence-corrected chi connectivity index (χ2v) is 23.0. The molecule has 3 unspecified atom stereocenters. The summed E-state index contributed by atoms with van der Waals surface area (Å²) in [6, 6.07) is 0. The summed E-state index contributed by atoms with van der Waals surface area (Å²) in [6.07, 6.45) is -4.52. The molecule has 0 radical (unpaired) electrons. The van der Waals surface area contributed by atoms with Crippen LogP contribution >= 0.6 is 0 Å². The molecule has 0 saturated carbocycles. The van der Waals surface area contributed by atoms with Crippen LogP contribution in [0.3, 0.4) is 0 Å². The zero-order valence-corrected chi connectivity index (χ0v) is 42.2. The Balaban J connectivity index is 0.993. The first-order valence-electron chi connectivity index (χ1n) is 25.7. The number of carboxylic acid groups (broad SMARTS) is 1. The van der Waals surface area contributed by atoms with Crippen molar-refractivity contribution in [2.75, 3.05) is 7.11 Å². The lowest BCUT2D eigenvalue weighted by Gasteiger charge is -2.54. The van der Waals surface area contributed by atoms with Gasteiger partial charge in [0.05, 0.1) is 90.9 Å². The third kappa shape index (κ3) is 10.3. The number of rotatable bonds is 12. The van der Waals surface area contributed by atoms with Gasteiger partial charge in [0.25, 0.3) is 0 Å². The Hall–Kier alpha value is -1.17. The van der Waals surface area contributed by atoms with Gasteiger partial charge >= 0.3 is 5.97 Å². The van der Waals surface area contributed by atoms with Crippen molar-refractivity contribution in [1.29, 1.82) is 0 Å². The Bertz CT molecular complexity index is 1740.